The van der Waals surface area contributed by atoms with Gasteiger partial charge >= 0.3 is 5.97 Å². The van der Waals surface area contributed by atoms with Gasteiger partial charge in [-0.2, -0.15) is 0 Å². The third-order valence-electron chi connectivity index (χ3n) is 2.74. The van der Waals surface area contributed by atoms with E-state index in [9.17, 15) is 4.79 Å². The fourth-order valence-electron chi connectivity index (χ4n) is 1.83. The second-order valence-corrected chi connectivity index (χ2v) is 4.72. The van der Waals surface area contributed by atoms with Crippen molar-refractivity contribution in [3.8, 4) is 0 Å². The standard InChI is InChI=1S/C14H22O3/c1-11(2)9-16-10-12(3)14(15)17-13-7-5-4-6-8-13/h13H,1,3-10H2,2H3. The maximum absolute atomic E-state index is 11.7. The van der Waals surface area contributed by atoms with E-state index < -0.39 is 0 Å². The highest BCUT2D eigenvalue weighted by Gasteiger charge is 2.19. The molecule has 0 heterocycles. The Kier molecular flexibility index (Phi) is 5.98. The first-order chi connectivity index (χ1) is 8.09. The second-order valence-electron chi connectivity index (χ2n) is 4.72. The van der Waals surface area contributed by atoms with E-state index >= 15 is 0 Å². The van der Waals surface area contributed by atoms with E-state index in [4.69, 9.17) is 9.47 Å². The molecule has 1 rings (SSSR count). The topological polar surface area (TPSA) is 35.5 Å². The van der Waals surface area contributed by atoms with Crippen LogP contribution in [0.2, 0.25) is 0 Å². The average Bonchev–Trinajstić information content (AvgIpc) is 2.29. The van der Waals surface area contributed by atoms with Gasteiger partial charge in [0.1, 0.15) is 6.10 Å². The van der Waals surface area contributed by atoms with Crippen molar-refractivity contribution in [3.05, 3.63) is 24.3 Å². The van der Waals surface area contributed by atoms with E-state index in [2.05, 4.69) is 13.2 Å². The van der Waals surface area contributed by atoms with Gasteiger partial charge in [-0.1, -0.05) is 25.2 Å². The number of carbonyl (C=O) groups excluding carboxylic acids is 1. The predicted octanol–water partition coefficient (Wildman–Crippen LogP) is 3.01. The quantitative estimate of drug-likeness (QED) is 0.405. The number of ether oxygens (including phenoxy) is 2. The van der Waals surface area contributed by atoms with E-state index in [0.29, 0.717) is 12.2 Å². The van der Waals surface area contributed by atoms with Crippen LogP contribution < -0.4 is 0 Å². The zero-order valence-corrected chi connectivity index (χ0v) is 10.7. The molecule has 1 aliphatic carbocycles. The third kappa shape index (κ3) is 5.68. The van der Waals surface area contributed by atoms with Crippen molar-refractivity contribution in [1.82, 2.24) is 0 Å². The first kappa shape index (κ1) is 14.0. The molecule has 1 aliphatic rings. The summed E-state index contributed by atoms with van der Waals surface area (Å²) in [6.45, 7) is 9.96. The van der Waals surface area contributed by atoms with Crippen molar-refractivity contribution in [2.45, 2.75) is 45.1 Å². The molecule has 0 bridgehead atoms. The Morgan fingerprint density at radius 1 is 1.18 bits per heavy atom. The molecule has 0 aromatic rings. The molecular formula is C14H22O3. The molecule has 0 radical (unpaired) electrons. The Labute approximate surface area is 103 Å². The highest BCUT2D eigenvalue weighted by molar-refractivity contribution is 5.88. The van der Waals surface area contributed by atoms with Crippen LogP contribution in [-0.4, -0.2) is 25.3 Å². The van der Waals surface area contributed by atoms with Gasteiger partial charge in [-0.25, -0.2) is 4.79 Å². The van der Waals surface area contributed by atoms with Crippen molar-refractivity contribution < 1.29 is 14.3 Å². The molecule has 0 atom stereocenters. The van der Waals surface area contributed by atoms with Gasteiger partial charge in [-0.05, 0) is 32.6 Å². The minimum atomic E-state index is -0.321. The zero-order chi connectivity index (χ0) is 12.7. The van der Waals surface area contributed by atoms with Gasteiger partial charge in [0.15, 0.2) is 0 Å². The number of esters is 1. The van der Waals surface area contributed by atoms with Crippen LogP contribution >= 0.6 is 0 Å². The molecule has 0 aliphatic heterocycles. The predicted molar refractivity (Wildman–Crippen MR) is 67.7 cm³/mol. The second kappa shape index (κ2) is 7.28. The monoisotopic (exact) mass is 238 g/mol. The first-order valence-electron chi connectivity index (χ1n) is 6.20. The summed E-state index contributed by atoms with van der Waals surface area (Å²) in [6, 6.07) is 0. The van der Waals surface area contributed by atoms with E-state index in [-0.39, 0.29) is 18.7 Å². The van der Waals surface area contributed by atoms with E-state index in [0.717, 1.165) is 31.3 Å². The van der Waals surface area contributed by atoms with Crippen LogP contribution in [0.15, 0.2) is 24.3 Å². The fraction of sp³-hybridized carbons (Fsp3) is 0.643. The smallest absolute Gasteiger partial charge is 0.336 e. The molecule has 3 heteroatoms. The largest absolute Gasteiger partial charge is 0.459 e. The third-order valence-corrected chi connectivity index (χ3v) is 2.74. The van der Waals surface area contributed by atoms with E-state index in [1.165, 1.54) is 6.42 Å². The van der Waals surface area contributed by atoms with Gasteiger partial charge in [-0.3, -0.25) is 0 Å². The molecule has 0 amide bonds. The zero-order valence-electron chi connectivity index (χ0n) is 10.7. The summed E-state index contributed by atoms with van der Waals surface area (Å²) in [6.07, 6.45) is 5.58. The Bertz CT molecular complexity index is 288. The summed E-state index contributed by atoms with van der Waals surface area (Å²) in [5, 5.41) is 0. The van der Waals surface area contributed by atoms with E-state index in [1.807, 2.05) is 6.92 Å². The van der Waals surface area contributed by atoms with Gasteiger partial charge < -0.3 is 9.47 Å². The lowest BCUT2D eigenvalue weighted by Crippen LogP contribution is -2.23. The Morgan fingerprint density at radius 2 is 1.82 bits per heavy atom. The summed E-state index contributed by atoms with van der Waals surface area (Å²) in [5.41, 5.74) is 1.32. The molecular weight excluding hydrogens is 216 g/mol. The van der Waals surface area contributed by atoms with Gasteiger partial charge in [0.05, 0.1) is 18.8 Å². The maximum atomic E-state index is 11.7. The van der Waals surface area contributed by atoms with Crippen LogP contribution in [0.5, 0.6) is 0 Å². The van der Waals surface area contributed by atoms with Crippen LogP contribution in [0.4, 0.5) is 0 Å². The normalized spacial score (nSPS) is 16.5. The summed E-state index contributed by atoms with van der Waals surface area (Å²) in [5.74, 6) is -0.321. The highest BCUT2D eigenvalue weighted by atomic mass is 16.5. The molecule has 0 aromatic heterocycles. The lowest BCUT2D eigenvalue weighted by Gasteiger charge is -2.22. The number of hydrogen-bond donors (Lipinski definition) is 0. The average molecular weight is 238 g/mol. The fourth-order valence-corrected chi connectivity index (χ4v) is 1.83. The van der Waals surface area contributed by atoms with Crippen LogP contribution in [0.25, 0.3) is 0 Å². The summed E-state index contributed by atoms with van der Waals surface area (Å²) in [7, 11) is 0. The number of rotatable bonds is 6. The number of hydrogen-bond acceptors (Lipinski definition) is 3. The summed E-state index contributed by atoms with van der Waals surface area (Å²) in [4.78, 5) is 11.7. The molecule has 0 saturated heterocycles. The molecule has 1 fully saturated rings. The van der Waals surface area contributed by atoms with Gasteiger partial charge in [0, 0.05) is 0 Å². The van der Waals surface area contributed by atoms with E-state index in [1.54, 1.807) is 0 Å². The lowest BCUT2D eigenvalue weighted by atomic mass is 9.98. The minimum Gasteiger partial charge on any atom is -0.459 e. The molecule has 0 aromatic carbocycles. The van der Waals surface area contributed by atoms with Crippen LogP contribution in [0, 0.1) is 0 Å². The molecule has 1 saturated carbocycles. The summed E-state index contributed by atoms with van der Waals surface area (Å²) >= 11 is 0. The number of carbonyl (C=O) groups is 1. The SMILES string of the molecule is C=C(C)COCC(=C)C(=O)OC1CCCCC1. The molecule has 0 spiro atoms. The Hall–Kier alpha value is -1.09. The molecule has 96 valence electrons. The van der Waals surface area contributed by atoms with Crippen molar-refractivity contribution >= 4 is 5.97 Å². The molecule has 0 unspecified atom stereocenters. The van der Waals surface area contributed by atoms with Crippen LogP contribution in [0.1, 0.15) is 39.0 Å². The molecule has 0 N–H and O–H groups in total. The van der Waals surface area contributed by atoms with Crippen LogP contribution in [-0.2, 0) is 14.3 Å². The maximum Gasteiger partial charge on any atom is 0.336 e. The van der Waals surface area contributed by atoms with Gasteiger partial charge in [-0.15, -0.1) is 0 Å². The molecule has 3 nitrogen and oxygen atoms in total. The van der Waals surface area contributed by atoms with Crippen molar-refractivity contribution in [2.24, 2.45) is 0 Å². The van der Waals surface area contributed by atoms with Gasteiger partial charge in [0.2, 0.25) is 0 Å². The van der Waals surface area contributed by atoms with Gasteiger partial charge in [0.25, 0.3) is 0 Å². The van der Waals surface area contributed by atoms with Crippen molar-refractivity contribution in [2.75, 3.05) is 13.2 Å². The highest BCUT2D eigenvalue weighted by Crippen LogP contribution is 2.21. The molecule has 17 heavy (non-hydrogen) atoms. The lowest BCUT2D eigenvalue weighted by molar-refractivity contribution is -0.146. The minimum absolute atomic E-state index is 0.0779. The van der Waals surface area contributed by atoms with Crippen molar-refractivity contribution in [1.29, 1.82) is 0 Å². The summed E-state index contributed by atoms with van der Waals surface area (Å²) < 4.78 is 10.6. The Balaban J connectivity index is 2.21. The first-order valence-corrected chi connectivity index (χ1v) is 6.20. The Morgan fingerprint density at radius 3 is 2.41 bits per heavy atom. The van der Waals surface area contributed by atoms with Crippen molar-refractivity contribution in [3.63, 3.8) is 0 Å². The van der Waals surface area contributed by atoms with Crippen LogP contribution in [0.3, 0.4) is 0 Å².